The monoisotopic (exact) mass is 474 g/mol. The average Bonchev–Trinajstić information content (AvgIpc) is 3.52. The highest BCUT2D eigenvalue weighted by Crippen LogP contribution is 2.34. The van der Waals surface area contributed by atoms with Gasteiger partial charge in [0.15, 0.2) is 5.78 Å². The molecule has 5 nitrogen and oxygen atoms in total. The van der Waals surface area contributed by atoms with E-state index in [1.165, 1.54) is 18.3 Å². The van der Waals surface area contributed by atoms with Crippen LogP contribution < -0.4 is 10.2 Å². The summed E-state index contributed by atoms with van der Waals surface area (Å²) < 4.78 is 0. The van der Waals surface area contributed by atoms with Crippen molar-refractivity contribution in [1.82, 2.24) is 5.32 Å². The van der Waals surface area contributed by atoms with E-state index in [1.807, 2.05) is 48.7 Å². The third-order valence-electron chi connectivity index (χ3n) is 6.41. The lowest BCUT2D eigenvalue weighted by Gasteiger charge is -2.34. The normalized spacial score (nSPS) is 14.5. The van der Waals surface area contributed by atoms with Crippen LogP contribution in [-0.2, 0) is 16.0 Å². The van der Waals surface area contributed by atoms with Gasteiger partial charge in [-0.25, -0.2) is 0 Å². The second kappa shape index (κ2) is 10.8. The fourth-order valence-electron chi connectivity index (χ4n) is 4.69. The SMILES string of the molecule is CC(=O)c1ccccc1N(C(=O)Cc1cccs1)C(C(=O)NC1CCCC1)c1ccccc1C. The number of nitrogens with zero attached hydrogens (tertiary/aromatic N) is 1. The van der Waals surface area contributed by atoms with Crippen LogP contribution in [0.25, 0.3) is 0 Å². The van der Waals surface area contributed by atoms with Crippen LogP contribution in [-0.4, -0.2) is 23.6 Å². The molecule has 0 spiro atoms. The van der Waals surface area contributed by atoms with Crippen molar-refractivity contribution in [2.24, 2.45) is 0 Å². The number of thiophene rings is 1. The third-order valence-corrected chi connectivity index (χ3v) is 7.28. The van der Waals surface area contributed by atoms with E-state index in [1.54, 1.807) is 29.2 Å². The smallest absolute Gasteiger partial charge is 0.248 e. The van der Waals surface area contributed by atoms with Crippen LogP contribution >= 0.6 is 11.3 Å². The number of nitrogens with one attached hydrogen (secondary N) is 1. The molecule has 1 aliphatic rings. The van der Waals surface area contributed by atoms with Gasteiger partial charge in [-0.1, -0.05) is 55.3 Å². The van der Waals surface area contributed by atoms with Gasteiger partial charge in [0, 0.05) is 16.5 Å². The quantitative estimate of drug-likeness (QED) is 0.430. The molecule has 6 heteroatoms. The number of amides is 2. The highest BCUT2D eigenvalue weighted by atomic mass is 32.1. The van der Waals surface area contributed by atoms with Crippen LogP contribution in [0.3, 0.4) is 0 Å². The van der Waals surface area contributed by atoms with Crippen LogP contribution in [0.4, 0.5) is 5.69 Å². The number of rotatable bonds is 8. The summed E-state index contributed by atoms with van der Waals surface area (Å²) in [5.41, 5.74) is 2.57. The van der Waals surface area contributed by atoms with Crippen LogP contribution in [0.5, 0.6) is 0 Å². The van der Waals surface area contributed by atoms with Gasteiger partial charge >= 0.3 is 0 Å². The van der Waals surface area contributed by atoms with Gasteiger partial charge in [-0.2, -0.15) is 0 Å². The van der Waals surface area contributed by atoms with Crippen LogP contribution in [0.2, 0.25) is 0 Å². The minimum atomic E-state index is -0.880. The van der Waals surface area contributed by atoms with E-state index in [9.17, 15) is 14.4 Å². The highest BCUT2D eigenvalue weighted by Gasteiger charge is 2.36. The fourth-order valence-corrected chi connectivity index (χ4v) is 5.38. The zero-order valence-corrected chi connectivity index (χ0v) is 20.4. The summed E-state index contributed by atoms with van der Waals surface area (Å²) in [5.74, 6) is -0.575. The molecule has 1 N–H and O–H groups in total. The minimum absolute atomic E-state index is 0.108. The molecule has 0 saturated heterocycles. The molecule has 3 aromatic rings. The number of aryl methyl sites for hydroxylation is 1. The van der Waals surface area contributed by atoms with Crippen molar-refractivity contribution < 1.29 is 14.4 Å². The van der Waals surface area contributed by atoms with Gasteiger partial charge in [-0.3, -0.25) is 19.3 Å². The summed E-state index contributed by atoms with van der Waals surface area (Å²) in [7, 11) is 0. The number of anilines is 1. The Bertz CT molecular complexity index is 1170. The van der Waals surface area contributed by atoms with Crippen molar-refractivity contribution in [2.75, 3.05) is 4.90 Å². The Morgan fingerprint density at radius 1 is 1.00 bits per heavy atom. The maximum atomic E-state index is 13.9. The first-order chi connectivity index (χ1) is 16.5. The zero-order chi connectivity index (χ0) is 24.1. The number of carbonyl (C=O) groups excluding carboxylic acids is 3. The molecule has 0 aliphatic heterocycles. The summed E-state index contributed by atoms with van der Waals surface area (Å²) in [6.45, 7) is 3.44. The number of hydrogen-bond acceptors (Lipinski definition) is 4. The highest BCUT2D eigenvalue weighted by molar-refractivity contribution is 7.10. The molecule has 1 unspecified atom stereocenters. The Kier molecular flexibility index (Phi) is 7.58. The van der Waals surface area contributed by atoms with Crippen LogP contribution in [0.15, 0.2) is 66.0 Å². The van der Waals surface area contributed by atoms with Crippen LogP contribution in [0.1, 0.15) is 65.0 Å². The summed E-state index contributed by atoms with van der Waals surface area (Å²) in [6, 6.07) is 17.8. The standard InChI is InChI=1S/C28H30N2O3S/c1-19-10-3-6-14-23(19)27(28(33)29-21-11-4-5-12-21)30(26(32)18-22-13-9-17-34-22)25-16-8-7-15-24(25)20(2)31/h3,6-10,13-17,21,27H,4-5,11-12,18H2,1-2H3,(H,29,33). The van der Waals surface area contributed by atoms with Gasteiger partial charge in [0.25, 0.3) is 0 Å². The first kappa shape index (κ1) is 23.9. The van der Waals surface area contributed by atoms with Crippen molar-refractivity contribution in [3.05, 3.63) is 87.6 Å². The largest absolute Gasteiger partial charge is 0.351 e. The molecule has 2 aromatic carbocycles. The fraction of sp³-hybridized carbons (Fsp3) is 0.321. The summed E-state index contributed by atoms with van der Waals surface area (Å²) in [5, 5.41) is 5.13. The maximum absolute atomic E-state index is 13.9. The molecular weight excluding hydrogens is 444 g/mol. The van der Waals surface area contributed by atoms with E-state index >= 15 is 0 Å². The Balaban J connectivity index is 1.84. The van der Waals surface area contributed by atoms with Crippen molar-refractivity contribution in [2.45, 2.75) is 58.0 Å². The number of ketones is 1. The van der Waals surface area contributed by atoms with E-state index < -0.39 is 6.04 Å². The minimum Gasteiger partial charge on any atom is -0.351 e. The van der Waals surface area contributed by atoms with E-state index in [2.05, 4.69) is 5.32 Å². The van der Waals surface area contributed by atoms with E-state index in [4.69, 9.17) is 0 Å². The maximum Gasteiger partial charge on any atom is 0.248 e. The summed E-state index contributed by atoms with van der Waals surface area (Å²) in [6.07, 6.45) is 4.23. The van der Waals surface area contributed by atoms with Gasteiger partial charge in [-0.15, -0.1) is 11.3 Å². The molecule has 176 valence electrons. The first-order valence-electron chi connectivity index (χ1n) is 11.8. The molecule has 2 amide bonds. The van der Waals surface area contributed by atoms with E-state index in [-0.39, 0.29) is 30.1 Å². The first-order valence-corrected chi connectivity index (χ1v) is 12.6. The van der Waals surface area contributed by atoms with Crippen molar-refractivity contribution >= 4 is 34.6 Å². The molecule has 1 fully saturated rings. The lowest BCUT2D eigenvalue weighted by Crippen LogP contribution is -2.47. The Hall–Kier alpha value is -3.25. The van der Waals surface area contributed by atoms with Gasteiger partial charge in [0.1, 0.15) is 6.04 Å². The molecule has 0 radical (unpaired) electrons. The number of hydrogen-bond donors (Lipinski definition) is 1. The molecule has 1 saturated carbocycles. The average molecular weight is 475 g/mol. The second-order valence-corrected chi connectivity index (χ2v) is 9.87. The predicted octanol–water partition coefficient (Wildman–Crippen LogP) is 5.63. The van der Waals surface area contributed by atoms with Gasteiger partial charge in [0.05, 0.1) is 12.1 Å². The molecule has 34 heavy (non-hydrogen) atoms. The van der Waals surface area contributed by atoms with Gasteiger partial charge in [0.2, 0.25) is 11.8 Å². The molecule has 1 atom stereocenters. The summed E-state index contributed by atoms with van der Waals surface area (Å²) in [4.78, 5) is 42.8. The van der Waals surface area contributed by atoms with Crippen molar-refractivity contribution in [3.8, 4) is 0 Å². The van der Waals surface area contributed by atoms with Gasteiger partial charge in [-0.05, 0) is 61.4 Å². The lowest BCUT2D eigenvalue weighted by atomic mass is 9.96. The molecule has 1 aromatic heterocycles. The molecule has 4 rings (SSSR count). The topological polar surface area (TPSA) is 66.5 Å². The Labute approximate surface area is 204 Å². The predicted molar refractivity (Wildman–Crippen MR) is 136 cm³/mol. The number of carbonyl (C=O) groups is 3. The van der Waals surface area contributed by atoms with E-state index in [0.29, 0.717) is 11.3 Å². The molecule has 1 heterocycles. The Morgan fingerprint density at radius 3 is 2.38 bits per heavy atom. The van der Waals surface area contributed by atoms with Crippen molar-refractivity contribution in [3.63, 3.8) is 0 Å². The zero-order valence-electron chi connectivity index (χ0n) is 19.6. The lowest BCUT2D eigenvalue weighted by molar-refractivity contribution is -0.127. The van der Waals surface area contributed by atoms with Gasteiger partial charge < -0.3 is 5.32 Å². The van der Waals surface area contributed by atoms with Crippen molar-refractivity contribution in [1.29, 1.82) is 0 Å². The number of benzene rings is 2. The summed E-state index contributed by atoms with van der Waals surface area (Å²) >= 11 is 1.50. The number of para-hydroxylation sites is 1. The third kappa shape index (κ3) is 5.28. The second-order valence-electron chi connectivity index (χ2n) is 8.84. The molecular formula is C28H30N2O3S. The van der Waals surface area contributed by atoms with E-state index in [0.717, 1.165) is 41.7 Å². The molecule has 1 aliphatic carbocycles. The number of Topliss-reactive ketones (excluding diaryl/α,β-unsaturated/α-hetero) is 1. The Morgan fingerprint density at radius 2 is 1.71 bits per heavy atom. The molecule has 0 bridgehead atoms. The van der Waals surface area contributed by atoms with Crippen LogP contribution in [0, 0.1) is 6.92 Å².